The van der Waals surface area contributed by atoms with Crippen molar-refractivity contribution >= 4 is 47.1 Å². The van der Waals surface area contributed by atoms with Crippen molar-refractivity contribution < 1.29 is 58.7 Å². The molecule has 0 saturated heterocycles. The molecule has 0 rings (SSSR count). The minimum absolute atomic E-state index is 0.0740. The lowest BCUT2D eigenvalue weighted by atomic mass is 10.0. The number of carboxylic acids is 1. The lowest BCUT2D eigenvalue weighted by molar-refractivity contribution is -0.408. The van der Waals surface area contributed by atoms with Crippen molar-refractivity contribution in [3.05, 3.63) is 24.3 Å². The van der Waals surface area contributed by atoms with Crippen molar-refractivity contribution in [1.82, 2.24) is 10.6 Å². The van der Waals surface area contributed by atoms with Gasteiger partial charge >= 0.3 is 17.9 Å². The molecule has 14 heteroatoms. The summed E-state index contributed by atoms with van der Waals surface area (Å²) in [6.07, 6.45) is -1.37. The lowest BCUT2D eigenvalue weighted by Gasteiger charge is -2.12. The van der Waals surface area contributed by atoms with Crippen molar-refractivity contribution in [2.45, 2.75) is 52.0 Å². The Morgan fingerprint density at radius 2 is 1.21 bits per heavy atom. The number of quaternary nitrogens is 1. The number of Topliss-reactive ketones (excluding diaryl/α,β-unsaturated/α-hetero) is 3. The number of carbonyl (C=O) groups is 8. The third kappa shape index (κ3) is 16.3. The molecule has 0 aromatic carbocycles. The van der Waals surface area contributed by atoms with Gasteiger partial charge in [0.15, 0.2) is 30.0 Å². The number of ketones is 3. The van der Waals surface area contributed by atoms with Crippen molar-refractivity contribution in [2.75, 3.05) is 26.3 Å². The van der Waals surface area contributed by atoms with Gasteiger partial charge in [0.25, 0.3) is 0 Å². The van der Waals surface area contributed by atoms with Gasteiger partial charge in [-0.25, -0.2) is 9.59 Å². The highest BCUT2D eigenvalue weighted by Gasteiger charge is 2.24. The van der Waals surface area contributed by atoms with E-state index < -0.39 is 78.6 Å². The molecule has 0 unspecified atom stereocenters. The number of amides is 2. The van der Waals surface area contributed by atoms with Gasteiger partial charge in [-0.2, -0.15) is 0 Å². The summed E-state index contributed by atoms with van der Waals surface area (Å²) in [6.45, 7) is 7.99. The number of hydrogen-bond acceptors (Lipinski definition) is 10. The van der Waals surface area contributed by atoms with Crippen LogP contribution in [0.5, 0.6) is 0 Å². The first-order chi connectivity index (χ1) is 18.1. The number of aliphatic carboxylic acids is 1. The number of ether oxygens (including phenoxy) is 2. The maximum atomic E-state index is 12.0. The van der Waals surface area contributed by atoms with Crippen LogP contribution in [0.25, 0.3) is 0 Å². The molecule has 0 aromatic heterocycles. The first-order valence-electron chi connectivity index (χ1n) is 11.9. The zero-order valence-electron chi connectivity index (χ0n) is 22.2. The van der Waals surface area contributed by atoms with Gasteiger partial charge in [0.2, 0.25) is 11.8 Å². The van der Waals surface area contributed by atoms with Gasteiger partial charge in [0, 0.05) is 43.3 Å². The van der Waals surface area contributed by atoms with Gasteiger partial charge in [-0.1, -0.05) is 13.2 Å². The number of carbonyl (C=O) groups excluding carboxylic acids is 7. The number of carboxylic acid groups (broad SMARTS) is 1. The fourth-order valence-electron chi connectivity index (χ4n) is 2.61. The Morgan fingerprint density at radius 1 is 0.744 bits per heavy atom. The van der Waals surface area contributed by atoms with Crippen LogP contribution in [0, 0.1) is 5.92 Å². The van der Waals surface area contributed by atoms with Gasteiger partial charge in [-0.15, -0.1) is 0 Å². The normalized spacial score (nSPS) is 11.8. The van der Waals surface area contributed by atoms with E-state index in [0.717, 1.165) is 0 Å². The predicted octanol–water partition coefficient (Wildman–Crippen LogP) is -1.57. The van der Waals surface area contributed by atoms with E-state index in [4.69, 9.17) is 14.6 Å². The third-order valence-corrected chi connectivity index (χ3v) is 5.00. The number of rotatable bonds is 20. The second kappa shape index (κ2) is 18.1. The SMILES string of the molecule is C=C(C)C(=O)OC[C@H](CC(=O)CNC(=O)CCC(=O)CNC(=O)CCC(=O)[C@@H]([NH3+])COC(=O)C(=C)C)C(=O)O. The maximum absolute atomic E-state index is 12.0. The van der Waals surface area contributed by atoms with Crippen LogP contribution in [0.1, 0.15) is 46.0 Å². The summed E-state index contributed by atoms with van der Waals surface area (Å²) in [6, 6.07) is -0.859. The Kier molecular flexibility index (Phi) is 16.2. The van der Waals surface area contributed by atoms with Gasteiger partial charge in [-0.05, 0) is 13.8 Å². The summed E-state index contributed by atoms with van der Waals surface area (Å²) in [7, 11) is 0. The van der Waals surface area contributed by atoms with E-state index in [1.54, 1.807) is 0 Å². The molecule has 0 aliphatic rings. The van der Waals surface area contributed by atoms with E-state index in [1.165, 1.54) is 13.8 Å². The van der Waals surface area contributed by atoms with Crippen molar-refractivity contribution in [3.63, 3.8) is 0 Å². The van der Waals surface area contributed by atoms with Crippen LogP contribution in [0.3, 0.4) is 0 Å². The van der Waals surface area contributed by atoms with Gasteiger partial charge in [0.05, 0.1) is 19.0 Å². The highest BCUT2D eigenvalue weighted by molar-refractivity contribution is 5.93. The smallest absolute Gasteiger partial charge is 0.333 e. The quantitative estimate of drug-likeness (QED) is 0.0992. The molecule has 0 aliphatic heterocycles. The summed E-state index contributed by atoms with van der Waals surface area (Å²) in [5.74, 6) is -6.78. The Bertz CT molecular complexity index is 1000. The number of nitrogens with one attached hydrogen (secondary N) is 2. The van der Waals surface area contributed by atoms with E-state index in [1.807, 2.05) is 0 Å². The molecule has 0 fully saturated rings. The molecule has 14 nitrogen and oxygen atoms in total. The van der Waals surface area contributed by atoms with E-state index >= 15 is 0 Å². The van der Waals surface area contributed by atoms with Crippen LogP contribution in [-0.4, -0.2) is 84.5 Å². The summed E-state index contributed by atoms with van der Waals surface area (Å²) >= 11 is 0. The molecule has 0 aromatic rings. The fourth-order valence-corrected chi connectivity index (χ4v) is 2.61. The Morgan fingerprint density at radius 3 is 1.69 bits per heavy atom. The van der Waals surface area contributed by atoms with Gasteiger partial charge in [-0.3, -0.25) is 28.8 Å². The van der Waals surface area contributed by atoms with Crippen LogP contribution in [0.4, 0.5) is 0 Å². The second-order valence-electron chi connectivity index (χ2n) is 8.79. The Hall–Kier alpha value is -4.20. The largest absolute Gasteiger partial charge is 0.481 e. The van der Waals surface area contributed by atoms with Crippen molar-refractivity contribution in [2.24, 2.45) is 5.92 Å². The van der Waals surface area contributed by atoms with Crippen molar-refractivity contribution in [3.8, 4) is 0 Å². The highest BCUT2D eigenvalue weighted by atomic mass is 16.5. The molecule has 2 amide bonds. The predicted molar refractivity (Wildman–Crippen MR) is 133 cm³/mol. The molecule has 0 radical (unpaired) electrons. The molecule has 39 heavy (non-hydrogen) atoms. The zero-order valence-corrected chi connectivity index (χ0v) is 22.2. The van der Waals surface area contributed by atoms with Crippen molar-refractivity contribution in [1.29, 1.82) is 0 Å². The molecule has 0 aliphatic carbocycles. The topological polar surface area (TPSA) is 227 Å². The molecule has 0 spiro atoms. The molecule has 0 bridgehead atoms. The summed E-state index contributed by atoms with van der Waals surface area (Å²) in [4.78, 5) is 93.7. The lowest BCUT2D eigenvalue weighted by Crippen LogP contribution is -2.67. The zero-order chi connectivity index (χ0) is 30.1. The van der Waals surface area contributed by atoms with Crippen LogP contribution >= 0.6 is 0 Å². The summed E-state index contributed by atoms with van der Waals surface area (Å²) in [5, 5.41) is 13.8. The van der Waals surface area contributed by atoms with Crippen LogP contribution in [0.15, 0.2) is 24.3 Å². The summed E-state index contributed by atoms with van der Waals surface area (Å²) < 4.78 is 9.59. The number of esters is 2. The standard InChI is InChI=1S/C25H35N3O11/c1-14(2)24(36)38-12-16(23(34)35)9-18(30)11-28-21(32)7-5-17(29)10-27-22(33)8-6-20(31)19(26)13-39-25(37)15(3)4/h16,19H,1,3,5-13,26H2,2,4H3,(H,27,33)(H,28,32)(H,34,35)/p+1/t16-,19-/m0/s1. The molecule has 0 heterocycles. The molecular formula is C25H36N3O11+. The highest BCUT2D eigenvalue weighted by Crippen LogP contribution is 2.07. The first-order valence-corrected chi connectivity index (χ1v) is 11.9. The molecular weight excluding hydrogens is 518 g/mol. The molecule has 6 N–H and O–H groups in total. The van der Waals surface area contributed by atoms with Gasteiger partial charge in [0.1, 0.15) is 6.61 Å². The average Bonchev–Trinajstić information content (AvgIpc) is 2.87. The van der Waals surface area contributed by atoms with E-state index in [9.17, 15) is 38.4 Å². The average molecular weight is 555 g/mol. The van der Waals surface area contributed by atoms with E-state index in [2.05, 4.69) is 29.5 Å². The third-order valence-electron chi connectivity index (χ3n) is 5.00. The first kappa shape index (κ1) is 34.8. The minimum atomic E-state index is -1.35. The second-order valence-corrected chi connectivity index (χ2v) is 8.79. The summed E-state index contributed by atoms with van der Waals surface area (Å²) in [5.41, 5.74) is 3.83. The fraction of sp³-hybridized carbons (Fsp3) is 0.520. The maximum Gasteiger partial charge on any atom is 0.333 e. The van der Waals surface area contributed by atoms with Crippen LogP contribution in [0.2, 0.25) is 0 Å². The molecule has 2 atom stereocenters. The minimum Gasteiger partial charge on any atom is -0.481 e. The molecule has 216 valence electrons. The number of hydrogen-bond donors (Lipinski definition) is 4. The van der Waals surface area contributed by atoms with Gasteiger partial charge < -0.3 is 30.9 Å². The van der Waals surface area contributed by atoms with Crippen LogP contribution < -0.4 is 16.4 Å². The molecule has 0 saturated carbocycles. The Balaban J connectivity index is 4.23. The Labute approximate surface area is 225 Å². The van der Waals surface area contributed by atoms with E-state index in [-0.39, 0.29) is 50.0 Å². The van der Waals surface area contributed by atoms with Crippen LogP contribution in [-0.2, 0) is 47.8 Å². The monoisotopic (exact) mass is 554 g/mol. The van der Waals surface area contributed by atoms with E-state index in [0.29, 0.717) is 0 Å².